The number of imide groups is 1. The van der Waals surface area contributed by atoms with Crippen molar-refractivity contribution < 1.29 is 28.5 Å². The molecule has 1 N–H and O–H groups in total. The van der Waals surface area contributed by atoms with Crippen molar-refractivity contribution in [3.8, 4) is 23.0 Å². The van der Waals surface area contributed by atoms with Gasteiger partial charge in [0, 0.05) is 10.9 Å². The molecule has 2 aromatic rings. The predicted octanol–water partition coefficient (Wildman–Crippen LogP) is 3.00. The summed E-state index contributed by atoms with van der Waals surface area (Å²) in [5, 5.41) is 2.84. The third-order valence-electron chi connectivity index (χ3n) is 5.38. The van der Waals surface area contributed by atoms with Gasteiger partial charge >= 0.3 is 6.03 Å². The van der Waals surface area contributed by atoms with Crippen LogP contribution in [-0.2, 0) is 17.8 Å². The Balaban J connectivity index is 1.36. The van der Waals surface area contributed by atoms with Gasteiger partial charge in [-0.2, -0.15) is 0 Å². The molecule has 1 saturated heterocycles. The first-order valence-corrected chi connectivity index (χ1v) is 10.3. The van der Waals surface area contributed by atoms with E-state index in [2.05, 4.69) is 21.2 Å². The first-order chi connectivity index (χ1) is 14.4. The minimum atomic E-state index is -1.05. The Labute approximate surface area is 181 Å². The summed E-state index contributed by atoms with van der Waals surface area (Å²) in [6, 6.07) is 8.70. The number of amides is 3. The van der Waals surface area contributed by atoms with Gasteiger partial charge < -0.3 is 24.3 Å². The van der Waals surface area contributed by atoms with E-state index in [0.717, 1.165) is 15.6 Å². The van der Waals surface area contributed by atoms with E-state index < -0.39 is 11.6 Å². The largest absolute Gasteiger partial charge is 0.486 e. The summed E-state index contributed by atoms with van der Waals surface area (Å²) in [4.78, 5) is 27.1. The van der Waals surface area contributed by atoms with Gasteiger partial charge in [-0.1, -0.05) is 22.0 Å². The molecule has 2 aromatic carbocycles. The van der Waals surface area contributed by atoms with Gasteiger partial charge in [-0.25, -0.2) is 4.79 Å². The molecule has 0 radical (unpaired) electrons. The van der Waals surface area contributed by atoms with Gasteiger partial charge in [-0.15, -0.1) is 0 Å². The van der Waals surface area contributed by atoms with E-state index in [0.29, 0.717) is 42.6 Å². The number of halogens is 1. The fraction of sp³-hybridized carbons (Fsp3) is 0.333. The fourth-order valence-electron chi connectivity index (χ4n) is 3.87. The smallest absolute Gasteiger partial charge is 0.325 e. The summed E-state index contributed by atoms with van der Waals surface area (Å²) >= 11 is 3.50. The second kappa shape index (κ2) is 7.09. The molecule has 0 aliphatic carbocycles. The molecule has 3 aliphatic rings. The Bertz CT molecular complexity index is 1060. The number of hydrogen-bond acceptors (Lipinski definition) is 6. The number of nitrogens with one attached hydrogen (secondary N) is 1. The molecule has 30 heavy (non-hydrogen) atoms. The zero-order chi connectivity index (χ0) is 20.9. The topological polar surface area (TPSA) is 86.3 Å². The Morgan fingerprint density at radius 3 is 2.50 bits per heavy atom. The third-order valence-corrected chi connectivity index (χ3v) is 6.12. The van der Waals surface area contributed by atoms with E-state index in [9.17, 15) is 9.59 Å². The number of carbonyl (C=O) groups is 2. The average molecular weight is 475 g/mol. The van der Waals surface area contributed by atoms with Crippen LogP contribution in [0.3, 0.4) is 0 Å². The van der Waals surface area contributed by atoms with Crippen molar-refractivity contribution in [2.75, 3.05) is 20.0 Å². The van der Waals surface area contributed by atoms with Gasteiger partial charge in [0.25, 0.3) is 5.91 Å². The van der Waals surface area contributed by atoms with Gasteiger partial charge in [0.1, 0.15) is 18.8 Å². The number of nitrogens with zero attached hydrogens (tertiary/aromatic N) is 1. The molecule has 0 saturated carbocycles. The van der Waals surface area contributed by atoms with Crippen molar-refractivity contribution in [2.45, 2.75) is 25.4 Å². The lowest BCUT2D eigenvalue weighted by Gasteiger charge is -2.23. The number of urea groups is 1. The fourth-order valence-corrected chi connectivity index (χ4v) is 4.31. The molecule has 3 heterocycles. The molecule has 0 spiro atoms. The standard InChI is InChI=1S/C21H19BrN2O6/c1-21(9-12-2-3-15-16(6-12)30-11-29-15)19(25)24(20(26)23-21)10-13-7-17-18(8-14(13)22)28-5-4-27-17/h2-3,6-8H,4-5,9-11H2,1H3,(H,23,26)/t21-/m1/s1. The van der Waals surface area contributed by atoms with Crippen LogP contribution in [0.1, 0.15) is 18.1 Å². The number of fused-ring (bicyclic) bond motifs is 2. The molecular weight excluding hydrogens is 456 g/mol. The third kappa shape index (κ3) is 3.23. The summed E-state index contributed by atoms with van der Waals surface area (Å²) in [6.45, 7) is 2.99. The zero-order valence-corrected chi connectivity index (χ0v) is 17.8. The maximum Gasteiger partial charge on any atom is 0.325 e. The molecule has 156 valence electrons. The monoisotopic (exact) mass is 474 g/mol. The van der Waals surface area contributed by atoms with E-state index >= 15 is 0 Å². The lowest BCUT2D eigenvalue weighted by Crippen LogP contribution is -2.45. The minimum absolute atomic E-state index is 0.124. The van der Waals surface area contributed by atoms with Crippen molar-refractivity contribution in [2.24, 2.45) is 0 Å². The molecule has 8 nitrogen and oxygen atoms in total. The predicted molar refractivity (Wildman–Crippen MR) is 109 cm³/mol. The SMILES string of the molecule is C[C@]1(Cc2ccc3c(c2)OCO3)NC(=O)N(Cc2cc3c(cc2Br)OCCO3)C1=O. The number of benzene rings is 2. The van der Waals surface area contributed by atoms with Crippen molar-refractivity contribution in [1.82, 2.24) is 10.2 Å². The van der Waals surface area contributed by atoms with Crippen molar-refractivity contribution in [3.05, 3.63) is 45.9 Å². The van der Waals surface area contributed by atoms with Crippen LogP contribution in [0.2, 0.25) is 0 Å². The summed E-state index contributed by atoms with van der Waals surface area (Å²) in [7, 11) is 0. The van der Waals surface area contributed by atoms with Crippen LogP contribution in [0.5, 0.6) is 23.0 Å². The molecule has 1 fully saturated rings. The maximum absolute atomic E-state index is 13.2. The molecule has 1 atom stereocenters. The van der Waals surface area contributed by atoms with Crippen LogP contribution >= 0.6 is 15.9 Å². The highest BCUT2D eigenvalue weighted by Gasteiger charge is 2.48. The average Bonchev–Trinajstić information content (AvgIpc) is 3.26. The van der Waals surface area contributed by atoms with Crippen LogP contribution in [0.25, 0.3) is 0 Å². The Kier molecular flexibility index (Phi) is 4.50. The Morgan fingerprint density at radius 2 is 1.70 bits per heavy atom. The maximum atomic E-state index is 13.2. The Hall–Kier alpha value is -2.94. The lowest BCUT2D eigenvalue weighted by atomic mass is 9.92. The van der Waals surface area contributed by atoms with Crippen LogP contribution < -0.4 is 24.3 Å². The van der Waals surface area contributed by atoms with E-state index in [1.54, 1.807) is 19.1 Å². The molecule has 5 rings (SSSR count). The van der Waals surface area contributed by atoms with Gasteiger partial charge in [0.05, 0.1) is 6.54 Å². The minimum Gasteiger partial charge on any atom is -0.486 e. The van der Waals surface area contributed by atoms with Crippen LogP contribution in [0.15, 0.2) is 34.8 Å². The summed E-state index contributed by atoms with van der Waals surface area (Å²) in [5.41, 5.74) is 0.582. The number of ether oxygens (including phenoxy) is 4. The van der Waals surface area contributed by atoms with Gasteiger partial charge in [-0.05, 0) is 42.3 Å². The number of rotatable bonds is 4. The zero-order valence-electron chi connectivity index (χ0n) is 16.2. The van der Waals surface area contributed by atoms with Crippen LogP contribution in [0.4, 0.5) is 4.79 Å². The molecule has 3 amide bonds. The highest BCUT2D eigenvalue weighted by molar-refractivity contribution is 9.10. The van der Waals surface area contributed by atoms with Crippen LogP contribution in [0, 0.1) is 0 Å². The van der Waals surface area contributed by atoms with Crippen molar-refractivity contribution in [1.29, 1.82) is 0 Å². The van der Waals surface area contributed by atoms with Gasteiger partial charge in [-0.3, -0.25) is 9.69 Å². The first kappa shape index (κ1) is 19.0. The summed E-state index contributed by atoms with van der Waals surface area (Å²) < 4.78 is 22.7. The molecular formula is C21H19BrN2O6. The van der Waals surface area contributed by atoms with Gasteiger partial charge in [0.15, 0.2) is 23.0 Å². The Morgan fingerprint density at radius 1 is 1.00 bits per heavy atom. The molecule has 3 aliphatic heterocycles. The number of hydrogen-bond donors (Lipinski definition) is 1. The molecule has 0 aromatic heterocycles. The second-order valence-electron chi connectivity index (χ2n) is 7.61. The van der Waals surface area contributed by atoms with Crippen molar-refractivity contribution in [3.63, 3.8) is 0 Å². The second-order valence-corrected chi connectivity index (χ2v) is 8.46. The number of carbonyl (C=O) groups excluding carboxylic acids is 2. The normalized spacial score (nSPS) is 21.7. The van der Waals surface area contributed by atoms with E-state index in [-0.39, 0.29) is 19.2 Å². The highest BCUT2D eigenvalue weighted by Crippen LogP contribution is 2.37. The summed E-state index contributed by atoms with van der Waals surface area (Å²) in [6.07, 6.45) is 0.340. The summed E-state index contributed by atoms with van der Waals surface area (Å²) in [5.74, 6) is 2.28. The van der Waals surface area contributed by atoms with E-state index in [1.807, 2.05) is 18.2 Å². The highest BCUT2D eigenvalue weighted by atomic mass is 79.9. The molecule has 0 bridgehead atoms. The van der Waals surface area contributed by atoms with Crippen LogP contribution in [-0.4, -0.2) is 42.4 Å². The van der Waals surface area contributed by atoms with E-state index in [1.165, 1.54) is 4.90 Å². The van der Waals surface area contributed by atoms with E-state index in [4.69, 9.17) is 18.9 Å². The van der Waals surface area contributed by atoms with Gasteiger partial charge in [0.2, 0.25) is 6.79 Å². The molecule has 0 unspecified atom stereocenters. The quantitative estimate of drug-likeness (QED) is 0.685. The van der Waals surface area contributed by atoms with Crippen molar-refractivity contribution >= 4 is 27.9 Å². The first-order valence-electron chi connectivity index (χ1n) is 9.54. The molecule has 9 heteroatoms. The lowest BCUT2D eigenvalue weighted by molar-refractivity contribution is -0.131.